The number of benzene rings is 2. The van der Waals surface area contributed by atoms with E-state index in [0.717, 1.165) is 18.9 Å². The molecule has 1 saturated heterocycles. The fourth-order valence-corrected chi connectivity index (χ4v) is 4.75. The maximum absolute atomic E-state index is 15.3. The number of hydrogen-bond acceptors (Lipinski definition) is 3. The van der Waals surface area contributed by atoms with Gasteiger partial charge in [-0.3, -0.25) is 15.1 Å². The first-order chi connectivity index (χ1) is 17.2. The Morgan fingerprint density at radius 3 is 2.24 bits per heavy atom. The topological polar surface area (TPSA) is 41.6 Å². The number of rotatable bonds is 5. The van der Waals surface area contributed by atoms with Crippen molar-refractivity contribution in [2.24, 2.45) is 5.92 Å². The van der Waals surface area contributed by atoms with Gasteiger partial charge in [-0.05, 0) is 54.2 Å². The Hall–Kier alpha value is -2.79. The number of nitrogens with zero attached hydrogens (tertiary/aromatic N) is 1. The van der Waals surface area contributed by atoms with E-state index in [0.29, 0.717) is 30.5 Å². The van der Waals surface area contributed by atoms with Crippen LogP contribution in [0.4, 0.5) is 30.7 Å². The summed E-state index contributed by atoms with van der Waals surface area (Å²) in [7, 11) is 0. The first-order valence-electron chi connectivity index (χ1n) is 11.4. The molecule has 1 saturated carbocycles. The van der Waals surface area contributed by atoms with E-state index >= 15 is 4.39 Å². The zero-order chi connectivity index (χ0) is 26.8. The molecule has 2 aliphatic heterocycles. The first kappa shape index (κ1) is 25.8. The fourth-order valence-electron chi connectivity index (χ4n) is 4.52. The van der Waals surface area contributed by atoms with Gasteiger partial charge in [-0.25, -0.2) is 4.39 Å². The standard InChI is InChI=1S/C25H20ClF7N2O2/c26-19-9-17(8-18(10-19)24(28,29)30)23(25(31,32)33)11-20(34-37-23)15-3-5-16(6-4-15)22(27)12-35(13-22)21(36)7-14-1-2-14/h3-6,8-11,14,34H,1-2,7,12-13H2. The highest BCUT2D eigenvalue weighted by Gasteiger charge is 2.60. The molecular weight excluding hydrogens is 529 g/mol. The summed E-state index contributed by atoms with van der Waals surface area (Å²) in [5.41, 5.74) is -4.79. The molecule has 4 nitrogen and oxygen atoms in total. The summed E-state index contributed by atoms with van der Waals surface area (Å²) in [5.74, 6) is 0.287. The highest BCUT2D eigenvalue weighted by atomic mass is 35.5. The van der Waals surface area contributed by atoms with E-state index in [9.17, 15) is 31.1 Å². The van der Waals surface area contributed by atoms with Crippen LogP contribution < -0.4 is 5.48 Å². The third kappa shape index (κ3) is 4.79. The van der Waals surface area contributed by atoms with Crippen LogP contribution in [-0.4, -0.2) is 30.1 Å². The number of amides is 1. The van der Waals surface area contributed by atoms with Crippen LogP contribution in [0.15, 0.2) is 48.5 Å². The van der Waals surface area contributed by atoms with Crippen LogP contribution in [0.25, 0.3) is 5.70 Å². The first-order valence-corrected chi connectivity index (χ1v) is 11.8. The summed E-state index contributed by atoms with van der Waals surface area (Å²) in [6.07, 6.45) is -7.03. The summed E-state index contributed by atoms with van der Waals surface area (Å²) >= 11 is 5.71. The Bertz CT molecular complexity index is 1250. The molecule has 1 aliphatic carbocycles. The molecule has 2 aromatic carbocycles. The predicted molar refractivity (Wildman–Crippen MR) is 120 cm³/mol. The minimum absolute atomic E-state index is 0.0944. The van der Waals surface area contributed by atoms with Gasteiger partial charge in [0.2, 0.25) is 11.5 Å². The van der Waals surface area contributed by atoms with E-state index in [1.54, 1.807) is 0 Å². The Morgan fingerprint density at radius 1 is 1.03 bits per heavy atom. The summed E-state index contributed by atoms with van der Waals surface area (Å²) in [6, 6.07) is 7.16. The van der Waals surface area contributed by atoms with E-state index in [4.69, 9.17) is 16.4 Å². The van der Waals surface area contributed by atoms with Crippen molar-refractivity contribution in [3.05, 3.63) is 75.8 Å². The van der Waals surface area contributed by atoms with Crippen LogP contribution in [0.5, 0.6) is 0 Å². The van der Waals surface area contributed by atoms with Gasteiger partial charge in [0.1, 0.15) is 0 Å². The lowest BCUT2D eigenvalue weighted by Crippen LogP contribution is -2.58. The number of likely N-dealkylation sites (tertiary alicyclic amines) is 1. The second-order valence-electron chi connectivity index (χ2n) is 9.66. The third-order valence-corrected chi connectivity index (χ3v) is 7.07. The number of hydrogen-bond donors (Lipinski definition) is 1. The highest BCUT2D eigenvalue weighted by Crippen LogP contribution is 2.49. The van der Waals surface area contributed by atoms with Gasteiger partial charge in [-0.1, -0.05) is 35.9 Å². The monoisotopic (exact) mass is 548 g/mol. The molecular formula is C25H20ClF7N2O2. The summed E-state index contributed by atoms with van der Waals surface area (Å²) in [5, 5.41) is -0.540. The van der Waals surface area contributed by atoms with Crippen molar-refractivity contribution < 1.29 is 40.4 Å². The number of alkyl halides is 7. The lowest BCUT2D eigenvalue weighted by atomic mass is 9.86. The number of halogens is 8. The van der Waals surface area contributed by atoms with Crippen LogP contribution in [0.2, 0.25) is 5.02 Å². The van der Waals surface area contributed by atoms with Crippen LogP contribution in [0, 0.1) is 5.92 Å². The van der Waals surface area contributed by atoms with Crippen molar-refractivity contribution in [3.63, 3.8) is 0 Å². The van der Waals surface area contributed by atoms with E-state index < -0.39 is 39.8 Å². The van der Waals surface area contributed by atoms with E-state index in [-0.39, 0.29) is 35.8 Å². The maximum atomic E-state index is 15.3. The van der Waals surface area contributed by atoms with E-state index in [1.165, 1.54) is 29.2 Å². The molecule has 198 valence electrons. The molecule has 2 heterocycles. The van der Waals surface area contributed by atoms with Crippen LogP contribution in [0.3, 0.4) is 0 Å². The number of carbonyl (C=O) groups excluding carboxylic acids is 1. The fraction of sp³-hybridized carbons (Fsp3) is 0.400. The maximum Gasteiger partial charge on any atom is 0.428 e. The minimum atomic E-state index is -5.15. The Labute approximate surface area is 212 Å². The largest absolute Gasteiger partial charge is 0.428 e. The molecule has 1 amide bonds. The molecule has 0 spiro atoms. The third-order valence-electron chi connectivity index (χ3n) is 6.85. The molecule has 0 radical (unpaired) electrons. The van der Waals surface area contributed by atoms with Gasteiger partial charge in [0.25, 0.3) is 0 Å². The SMILES string of the molecule is O=C(CC1CC1)N1CC(F)(c2ccc(C3=CC(c4cc(Cl)cc(C(F)(F)F)c4)(C(F)(F)F)ON3)cc2)C1. The van der Waals surface area contributed by atoms with Gasteiger partial charge in [0.15, 0.2) is 5.67 Å². The van der Waals surface area contributed by atoms with Crippen LogP contribution in [-0.2, 0) is 27.1 Å². The normalized spacial score (nSPS) is 23.4. The van der Waals surface area contributed by atoms with Crippen LogP contribution >= 0.6 is 11.6 Å². The summed E-state index contributed by atoms with van der Waals surface area (Å²) in [6.45, 7) is -0.203. The second kappa shape index (κ2) is 8.62. The van der Waals surface area contributed by atoms with Crippen LogP contribution in [0.1, 0.15) is 41.5 Å². The summed E-state index contributed by atoms with van der Waals surface area (Å²) in [4.78, 5) is 18.5. The van der Waals surface area contributed by atoms with Gasteiger partial charge in [-0.2, -0.15) is 26.3 Å². The Kier molecular flexibility index (Phi) is 6.02. The average Bonchev–Trinajstić information content (AvgIpc) is 3.48. The van der Waals surface area contributed by atoms with Crippen molar-refractivity contribution in [2.75, 3.05) is 13.1 Å². The Morgan fingerprint density at radius 2 is 1.68 bits per heavy atom. The highest BCUT2D eigenvalue weighted by molar-refractivity contribution is 6.30. The predicted octanol–water partition coefficient (Wildman–Crippen LogP) is 6.50. The zero-order valence-electron chi connectivity index (χ0n) is 19.0. The van der Waals surface area contributed by atoms with Crippen molar-refractivity contribution in [3.8, 4) is 0 Å². The molecule has 3 aliphatic rings. The molecule has 2 fully saturated rings. The van der Waals surface area contributed by atoms with Crippen molar-refractivity contribution >= 4 is 23.2 Å². The van der Waals surface area contributed by atoms with E-state index in [1.807, 2.05) is 0 Å². The number of hydroxylamine groups is 1. The van der Waals surface area contributed by atoms with Gasteiger partial charge in [0, 0.05) is 17.0 Å². The molecule has 0 bridgehead atoms. The Balaban J connectivity index is 1.39. The van der Waals surface area contributed by atoms with Crippen molar-refractivity contribution in [2.45, 2.75) is 42.9 Å². The van der Waals surface area contributed by atoms with Crippen molar-refractivity contribution in [1.82, 2.24) is 10.4 Å². The zero-order valence-corrected chi connectivity index (χ0v) is 19.8. The molecule has 0 aromatic heterocycles. The second-order valence-corrected chi connectivity index (χ2v) is 10.1. The average molecular weight is 549 g/mol. The molecule has 12 heteroatoms. The van der Waals surface area contributed by atoms with Gasteiger partial charge >= 0.3 is 12.4 Å². The van der Waals surface area contributed by atoms with Gasteiger partial charge in [0.05, 0.1) is 24.4 Å². The molecule has 1 N–H and O–H groups in total. The molecule has 1 unspecified atom stereocenters. The lowest BCUT2D eigenvalue weighted by molar-refractivity contribution is -0.269. The van der Waals surface area contributed by atoms with E-state index in [2.05, 4.69) is 5.48 Å². The quantitative estimate of drug-likeness (QED) is 0.434. The smallest absolute Gasteiger partial charge is 0.335 e. The molecule has 2 aromatic rings. The molecule has 37 heavy (non-hydrogen) atoms. The molecule has 5 rings (SSSR count). The van der Waals surface area contributed by atoms with Crippen molar-refractivity contribution in [1.29, 1.82) is 0 Å². The number of nitrogens with one attached hydrogen (secondary N) is 1. The molecule has 1 atom stereocenters. The lowest BCUT2D eigenvalue weighted by Gasteiger charge is -2.45. The van der Waals surface area contributed by atoms with Gasteiger partial charge < -0.3 is 4.90 Å². The summed E-state index contributed by atoms with van der Waals surface area (Å²) < 4.78 is 97.5. The number of carbonyl (C=O) groups is 1. The van der Waals surface area contributed by atoms with Gasteiger partial charge in [-0.15, -0.1) is 0 Å². The minimum Gasteiger partial charge on any atom is -0.335 e.